The maximum Gasteiger partial charge on any atom is 0.255 e. The first-order chi connectivity index (χ1) is 10.5. The predicted octanol–water partition coefficient (Wildman–Crippen LogP) is 2.29. The zero-order valence-corrected chi connectivity index (χ0v) is 13.7. The summed E-state index contributed by atoms with van der Waals surface area (Å²) in [7, 11) is 1.52. The van der Waals surface area contributed by atoms with Crippen LogP contribution < -0.4 is 15.8 Å². The molecule has 22 heavy (non-hydrogen) atoms. The van der Waals surface area contributed by atoms with E-state index in [0.717, 1.165) is 19.0 Å². The summed E-state index contributed by atoms with van der Waals surface area (Å²) in [4.78, 5) is 15.0. The number of ether oxygens (including phenoxy) is 1. The van der Waals surface area contributed by atoms with Gasteiger partial charge in [-0.1, -0.05) is 11.6 Å². The van der Waals surface area contributed by atoms with Gasteiger partial charge in [-0.2, -0.15) is 0 Å². The van der Waals surface area contributed by atoms with Crippen LogP contribution in [0.4, 0.5) is 5.69 Å². The molecule has 1 saturated carbocycles. The number of halogens is 1. The van der Waals surface area contributed by atoms with Crippen molar-refractivity contribution in [2.24, 2.45) is 0 Å². The lowest BCUT2D eigenvalue weighted by Gasteiger charge is -2.19. The van der Waals surface area contributed by atoms with Gasteiger partial charge in [0.25, 0.3) is 5.91 Å². The summed E-state index contributed by atoms with van der Waals surface area (Å²) in [5.74, 6) is 0.290. The molecule has 0 bridgehead atoms. The zero-order valence-electron chi connectivity index (χ0n) is 12.9. The van der Waals surface area contributed by atoms with Gasteiger partial charge in [0.05, 0.1) is 23.4 Å². The van der Waals surface area contributed by atoms with Crippen LogP contribution in [0.15, 0.2) is 12.1 Å². The number of nitrogen functional groups attached to an aromatic ring is 1. The molecular formula is C16H22ClN3O2. The van der Waals surface area contributed by atoms with Gasteiger partial charge in [0, 0.05) is 30.7 Å². The molecule has 1 amide bonds. The maximum absolute atomic E-state index is 12.5. The Kier molecular flexibility index (Phi) is 4.19. The average molecular weight is 324 g/mol. The lowest BCUT2D eigenvalue weighted by Crippen LogP contribution is -2.37. The molecule has 1 aromatic rings. The van der Waals surface area contributed by atoms with E-state index in [-0.39, 0.29) is 11.9 Å². The van der Waals surface area contributed by atoms with Crippen LogP contribution >= 0.6 is 11.6 Å². The van der Waals surface area contributed by atoms with Gasteiger partial charge in [-0.3, -0.25) is 9.69 Å². The highest BCUT2D eigenvalue weighted by molar-refractivity contribution is 6.33. The highest BCUT2D eigenvalue weighted by Crippen LogP contribution is 2.34. The molecule has 6 heteroatoms. The van der Waals surface area contributed by atoms with Crippen LogP contribution in [0.25, 0.3) is 0 Å². The summed E-state index contributed by atoms with van der Waals surface area (Å²) in [6, 6.07) is 4.57. The van der Waals surface area contributed by atoms with Crippen molar-refractivity contribution in [3.05, 3.63) is 22.7 Å². The fourth-order valence-electron chi connectivity index (χ4n) is 3.25. The molecule has 2 fully saturated rings. The molecule has 3 N–H and O–H groups in total. The molecule has 0 radical (unpaired) electrons. The normalized spacial score (nSPS) is 25.2. The molecule has 3 rings (SSSR count). The van der Waals surface area contributed by atoms with Crippen molar-refractivity contribution in [2.45, 2.75) is 44.3 Å². The summed E-state index contributed by atoms with van der Waals surface area (Å²) in [6.07, 6.45) is 3.55. The molecule has 120 valence electrons. The molecule has 0 spiro atoms. The van der Waals surface area contributed by atoms with Crippen LogP contribution in [0.5, 0.6) is 5.75 Å². The molecule has 1 heterocycles. The van der Waals surface area contributed by atoms with Crippen molar-refractivity contribution in [3.63, 3.8) is 0 Å². The van der Waals surface area contributed by atoms with E-state index in [1.165, 1.54) is 20.0 Å². The molecule has 0 aromatic heterocycles. The Balaban J connectivity index is 1.71. The van der Waals surface area contributed by atoms with E-state index in [2.05, 4.69) is 17.1 Å². The molecule has 2 aliphatic rings. The Bertz CT molecular complexity index is 589. The van der Waals surface area contributed by atoms with E-state index < -0.39 is 0 Å². The third-order valence-corrected chi connectivity index (χ3v) is 4.86. The van der Waals surface area contributed by atoms with E-state index in [0.29, 0.717) is 28.1 Å². The fraction of sp³-hybridized carbons (Fsp3) is 0.562. The van der Waals surface area contributed by atoms with Crippen LogP contribution in [0.2, 0.25) is 5.02 Å². The second-order valence-electron chi connectivity index (χ2n) is 6.26. The Labute approximate surface area is 135 Å². The number of amides is 1. The van der Waals surface area contributed by atoms with E-state index in [1.54, 1.807) is 12.1 Å². The standard InChI is InChI=1S/C16H22ClN3O2/c1-9-5-10(8-20(9)11-3-4-11)19-16(21)12-6-13(17)14(18)7-15(12)22-2/h6-7,9-11H,3-5,8,18H2,1-2H3,(H,19,21). The zero-order chi connectivity index (χ0) is 15.9. The van der Waals surface area contributed by atoms with Gasteiger partial charge in [-0.25, -0.2) is 0 Å². The van der Waals surface area contributed by atoms with Crippen LogP contribution in [0.3, 0.4) is 0 Å². The van der Waals surface area contributed by atoms with Crippen molar-refractivity contribution in [1.82, 2.24) is 10.2 Å². The lowest BCUT2D eigenvalue weighted by atomic mass is 10.1. The van der Waals surface area contributed by atoms with Gasteiger partial charge >= 0.3 is 0 Å². The largest absolute Gasteiger partial charge is 0.496 e. The molecule has 1 aliphatic carbocycles. The monoisotopic (exact) mass is 323 g/mol. The Morgan fingerprint density at radius 1 is 1.45 bits per heavy atom. The summed E-state index contributed by atoms with van der Waals surface area (Å²) in [6.45, 7) is 3.15. The quantitative estimate of drug-likeness (QED) is 0.834. The van der Waals surface area contributed by atoms with Gasteiger partial charge in [0.1, 0.15) is 5.75 Å². The molecule has 5 nitrogen and oxygen atoms in total. The fourth-order valence-corrected chi connectivity index (χ4v) is 3.42. The van der Waals surface area contributed by atoms with Crippen LogP contribution in [-0.2, 0) is 0 Å². The molecule has 1 saturated heterocycles. The number of rotatable bonds is 4. The summed E-state index contributed by atoms with van der Waals surface area (Å²) < 4.78 is 5.25. The highest BCUT2D eigenvalue weighted by Gasteiger charge is 2.39. The average Bonchev–Trinajstić information content (AvgIpc) is 3.25. The predicted molar refractivity (Wildman–Crippen MR) is 87.5 cm³/mol. The number of hydrogen-bond acceptors (Lipinski definition) is 4. The van der Waals surface area contributed by atoms with E-state index in [4.69, 9.17) is 22.1 Å². The van der Waals surface area contributed by atoms with Crippen LogP contribution in [0, 0.1) is 0 Å². The van der Waals surface area contributed by atoms with Gasteiger partial charge in [0.15, 0.2) is 0 Å². The van der Waals surface area contributed by atoms with Crippen molar-refractivity contribution in [2.75, 3.05) is 19.4 Å². The van der Waals surface area contributed by atoms with Gasteiger partial charge in [-0.05, 0) is 32.3 Å². The summed E-state index contributed by atoms with van der Waals surface area (Å²) in [5, 5.41) is 3.47. The van der Waals surface area contributed by atoms with Crippen LogP contribution in [-0.4, -0.2) is 42.6 Å². The topological polar surface area (TPSA) is 67.6 Å². The lowest BCUT2D eigenvalue weighted by molar-refractivity contribution is 0.0934. The maximum atomic E-state index is 12.5. The summed E-state index contributed by atoms with van der Waals surface area (Å²) >= 11 is 6.03. The molecule has 2 unspecified atom stereocenters. The third kappa shape index (κ3) is 3.01. The molecule has 2 atom stereocenters. The molecule has 1 aliphatic heterocycles. The van der Waals surface area contributed by atoms with Crippen molar-refractivity contribution < 1.29 is 9.53 Å². The van der Waals surface area contributed by atoms with E-state index in [1.807, 2.05) is 0 Å². The van der Waals surface area contributed by atoms with Gasteiger partial charge in [-0.15, -0.1) is 0 Å². The second kappa shape index (κ2) is 5.97. The Morgan fingerprint density at radius 2 is 2.18 bits per heavy atom. The third-order valence-electron chi connectivity index (χ3n) is 4.54. The number of nitrogens with one attached hydrogen (secondary N) is 1. The van der Waals surface area contributed by atoms with Gasteiger partial charge in [0.2, 0.25) is 0 Å². The minimum absolute atomic E-state index is 0.159. The van der Waals surface area contributed by atoms with E-state index >= 15 is 0 Å². The number of hydrogen-bond donors (Lipinski definition) is 2. The van der Waals surface area contributed by atoms with Crippen molar-refractivity contribution >= 4 is 23.2 Å². The second-order valence-corrected chi connectivity index (χ2v) is 6.66. The minimum atomic E-state index is -0.159. The molecule has 1 aromatic carbocycles. The summed E-state index contributed by atoms with van der Waals surface area (Å²) in [5.41, 5.74) is 6.59. The number of anilines is 1. The number of methoxy groups -OCH3 is 1. The van der Waals surface area contributed by atoms with Crippen molar-refractivity contribution in [3.8, 4) is 5.75 Å². The van der Waals surface area contributed by atoms with Crippen LogP contribution in [0.1, 0.15) is 36.5 Å². The number of likely N-dealkylation sites (tertiary alicyclic amines) is 1. The number of carbonyl (C=O) groups excluding carboxylic acids is 1. The number of benzene rings is 1. The molecular weight excluding hydrogens is 302 g/mol. The SMILES string of the molecule is COc1cc(N)c(Cl)cc1C(=O)NC1CC(C)N(C2CC2)C1. The first kappa shape index (κ1) is 15.4. The number of nitrogens with zero attached hydrogens (tertiary/aromatic N) is 1. The first-order valence-electron chi connectivity index (χ1n) is 7.69. The highest BCUT2D eigenvalue weighted by atomic mass is 35.5. The first-order valence-corrected chi connectivity index (χ1v) is 8.07. The number of carbonyl (C=O) groups is 1. The Morgan fingerprint density at radius 3 is 2.82 bits per heavy atom. The smallest absolute Gasteiger partial charge is 0.255 e. The van der Waals surface area contributed by atoms with Gasteiger partial charge < -0.3 is 15.8 Å². The Hall–Kier alpha value is -1.46. The van der Waals surface area contributed by atoms with Crippen molar-refractivity contribution in [1.29, 1.82) is 0 Å². The number of nitrogens with two attached hydrogens (primary N) is 1. The minimum Gasteiger partial charge on any atom is -0.496 e. The van der Waals surface area contributed by atoms with E-state index in [9.17, 15) is 4.79 Å².